The zero-order valence-corrected chi connectivity index (χ0v) is 11.2. The lowest BCUT2D eigenvalue weighted by atomic mass is 9.95. The molecular formula is C9H19N5O2S. The summed E-state index contributed by atoms with van der Waals surface area (Å²) in [6.45, 7) is 4.07. The highest BCUT2D eigenvalue weighted by atomic mass is 32.2. The molecule has 0 fully saturated rings. The highest BCUT2D eigenvalue weighted by Gasteiger charge is 2.25. The van der Waals surface area contributed by atoms with Gasteiger partial charge in [0.2, 0.25) is 0 Å². The monoisotopic (exact) mass is 261 g/mol. The van der Waals surface area contributed by atoms with Gasteiger partial charge in [0.25, 0.3) is 10.0 Å². The number of rotatable bonds is 6. The van der Waals surface area contributed by atoms with E-state index >= 15 is 0 Å². The van der Waals surface area contributed by atoms with Crippen molar-refractivity contribution in [3.05, 3.63) is 6.20 Å². The second kappa shape index (κ2) is 5.11. The SMILES string of the molecule is CCC(N)(CC)CNS(=O)(=O)c1cnnn1C. The molecule has 0 saturated heterocycles. The summed E-state index contributed by atoms with van der Waals surface area (Å²) in [6.07, 6.45) is 2.61. The molecule has 0 atom stereocenters. The van der Waals surface area contributed by atoms with Crippen molar-refractivity contribution in [2.45, 2.75) is 37.3 Å². The molecule has 0 radical (unpaired) electrons. The van der Waals surface area contributed by atoms with E-state index in [0.29, 0.717) is 12.8 Å². The molecule has 17 heavy (non-hydrogen) atoms. The molecule has 1 aromatic heterocycles. The first-order chi connectivity index (χ1) is 7.84. The van der Waals surface area contributed by atoms with E-state index in [9.17, 15) is 8.42 Å². The molecule has 8 heteroatoms. The topological polar surface area (TPSA) is 103 Å². The minimum Gasteiger partial charge on any atom is -0.324 e. The van der Waals surface area contributed by atoms with Gasteiger partial charge in [-0.05, 0) is 12.8 Å². The van der Waals surface area contributed by atoms with Crippen LogP contribution in [0.25, 0.3) is 0 Å². The van der Waals surface area contributed by atoms with Gasteiger partial charge in [0.05, 0.1) is 6.20 Å². The number of hydrogen-bond acceptors (Lipinski definition) is 5. The molecule has 0 bridgehead atoms. The molecule has 3 N–H and O–H groups in total. The van der Waals surface area contributed by atoms with Crippen molar-refractivity contribution >= 4 is 10.0 Å². The molecule has 0 amide bonds. The van der Waals surface area contributed by atoms with E-state index in [0.717, 1.165) is 0 Å². The first kappa shape index (κ1) is 14.1. The van der Waals surface area contributed by atoms with Crippen LogP contribution in [0.4, 0.5) is 0 Å². The fourth-order valence-corrected chi connectivity index (χ4v) is 2.53. The van der Waals surface area contributed by atoms with Gasteiger partial charge in [0.1, 0.15) is 0 Å². The largest absolute Gasteiger partial charge is 0.324 e. The number of nitrogens with one attached hydrogen (secondary N) is 1. The van der Waals surface area contributed by atoms with Crippen molar-refractivity contribution in [1.29, 1.82) is 0 Å². The van der Waals surface area contributed by atoms with Gasteiger partial charge in [-0.15, -0.1) is 5.10 Å². The van der Waals surface area contributed by atoms with Crippen molar-refractivity contribution in [2.75, 3.05) is 6.54 Å². The molecule has 0 aliphatic carbocycles. The van der Waals surface area contributed by atoms with Crippen LogP contribution in [-0.2, 0) is 17.1 Å². The summed E-state index contributed by atoms with van der Waals surface area (Å²) >= 11 is 0. The Hall–Kier alpha value is -0.990. The predicted molar refractivity (Wildman–Crippen MR) is 63.7 cm³/mol. The first-order valence-electron chi connectivity index (χ1n) is 5.48. The third kappa shape index (κ3) is 3.24. The van der Waals surface area contributed by atoms with Crippen LogP contribution in [0.2, 0.25) is 0 Å². The van der Waals surface area contributed by atoms with Gasteiger partial charge in [-0.2, -0.15) is 0 Å². The Morgan fingerprint density at radius 1 is 1.47 bits per heavy atom. The van der Waals surface area contributed by atoms with Crippen molar-refractivity contribution in [1.82, 2.24) is 19.7 Å². The Morgan fingerprint density at radius 3 is 2.47 bits per heavy atom. The van der Waals surface area contributed by atoms with Gasteiger partial charge in [-0.3, -0.25) is 0 Å². The van der Waals surface area contributed by atoms with Gasteiger partial charge in [-0.1, -0.05) is 19.1 Å². The summed E-state index contributed by atoms with van der Waals surface area (Å²) in [5, 5.41) is 7.15. The number of nitrogens with two attached hydrogens (primary N) is 1. The third-order valence-electron chi connectivity index (χ3n) is 2.97. The van der Waals surface area contributed by atoms with E-state index in [2.05, 4.69) is 15.0 Å². The van der Waals surface area contributed by atoms with Crippen molar-refractivity contribution in [2.24, 2.45) is 12.8 Å². The summed E-state index contributed by atoms with van der Waals surface area (Å²) < 4.78 is 27.5. The van der Waals surface area contributed by atoms with Crippen molar-refractivity contribution in [3.8, 4) is 0 Å². The Bertz CT molecular complexity index is 463. The zero-order chi connectivity index (χ0) is 13.1. The minimum absolute atomic E-state index is 0.0343. The summed E-state index contributed by atoms with van der Waals surface area (Å²) in [4.78, 5) is 0. The Morgan fingerprint density at radius 2 is 2.06 bits per heavy atom. The molecule has 1 rings (SSSR count). The second-order valence-corrected chi connectivity index (χ2v) is 5.80. The van der Waals surface area contributed by atoms with Crippen LogP contribution in [0.3, 0.4) is 0 Å². The number of aryl methyl sites for hydroxylation is 1. The fraction of sp³-hybridized carbons (Fsp3) is 0.778. The highest BCUT2D eigenvalue weighted by molar-refractivity contribution is 7.89. The molecule has 1 heterocycles. The smallest absolute Gasteiger partial charge is 0.259 e. The van der Waals surface area contributed by atoms with E-state index < -0.39 is 15.6 Å². The third-order valence-corrected chi connectivity index (χ3v) is 4.42. The van der Waals surface area contributed by atoms with E-state index in [1.165, 1.54) is 17.9 Å². The number of aromatic nitrogens is 3. The Labute approximate surface area is 101 Å². The lowest BCUT2D eigenvalue weighted by molar-refractivity contribution is 0.391. The van der Waals surface area contributed by atoms with Crippen molar-refractivity contribution in [3.63, 3.8) is 0 Å². The molecule has 1 aromatic rings. The second-order valence-electron chi connectivity index (χ2n) is 4.09. The van der Waals surface area contributed by atoms with Gasteiger partial charge < -0.3 is 5.73 Å². The summed E-state index contributed by atoms with van der Waals surface area (Å²) in [6, 6.07) is 0. The molecule has 0 aromatic carbocycles. The fourth-order valence-electron chi connectivity index (χ4n) is 1.34. The molecule has 0 aliphatic rings. The predicted octanol–water partition coefficient (Wildman–Crippen LogP) is -0.389. The molecule has 0 spiro atoms. The van der Waals surface area contributed by atoms with Crippen LogP contribution in [0.1, 0.15) is 26.7 Å². The van der Waals surface area contributed by atoms with Gasteiger partial charge in [0.15, 0.2) is 5.03 Å². The van der Waals surface area contributed by atoms with E-state index in [4.69, 9.17) is 5.73 Å². The maximum absolute atomic E-state index is 11.9. The highest BCUT2D eigenvalue weighted by Crippen LogP contribution is 2.11. The van der Waals surface area contributed by atoms with Crippen LogP contribution in [0.5, 0.6) is 0 Å². The lowest BCUT2D eigenvalue weighted by Crippen LogP contribution is -2.49. The molecule has 98 valence electrons. The molecule has 0 saturated carbocycles. The minimum atomic E-state index is -3.59. The van der Waals surface area contributed by atoms with E-state index in [1.807, 2.05) is 13.8 Å². The van der Waals surface area contributed by atoms with Crippen molar-refractivity contribution < 1.29 is 8.42 Å². The molecule has 0 unspecified atom stereocenters. The lowest BCUT2D eigenvalue weighted by Gasteiger charge is -2.26. The van der Waals surface area contributed by atoms with E-state index in [1.54, 1.807) is 0 Å². The normalized spacial score (nSPS) is 12.9. The maximum Gasteiger partial charge on any atom is 0.259 e. The number of sulfonamides is 1. The van der Waals surface area contributed by atoms with Crippen LogP contribution in [-0.4, -0.2) is 35.5 Å². The molecular weight excluding hydrogens is 242 g/mol. The average molecular weight is 261 g/mol. The zero-order valence-electron chi connectivity index (χ0n) is 10.3. The summed E-state index contributed by atoms with van der Waals surface area (Å²) in [7, 11) is -2.07. The summed E-state index contributed by atoms with van der Waals surface area (Å²) in [5.41, 5.74) is 5.52. The summed E-state index contributed by atoms with van der Waals surface area (Å²) in [5.74, 6) is 0. The average Bonchev–Trinajstić information content (AvgIpc) is 2.73. The Kier molecular flexibility index (Phi) is 4.23. The standard InChI is InChI=1S/C9H19N5O2S/c1-4-9(10,5-2)7-12-17(15,16)8-6-11-13-14(8)3/h6,12H,4-5,7,10H2,1-3H3. The van der Waals surface area contributed by atoms with Crippen LogP contribution in [0, 0.1) is 0 Å². The van der Waals surface area contributed by atoms with Gasteiger partial charge >= 0.3 is 0 Å². The molecule has 7 nitrogen and oxygen atoms in total. The number of hydrogen-bond donors (Lipinski definition) is 2. The van der Waals surface area contributed by atoms with Gasteiger partial charge in [0, 0.05) is 19.1 Å². The van der Waals surface area contributed by atoms with Crippen LogP contribution >= 0.6 is 0 Å². The molecule has 0 aliphatic heterocycles. The van der Waals surface area contributed by atoms with Crippen LogP contribution in [0.15, 0.2) is 11.2 Å². The van der Waals surface area contributed by atoms with Gasteiger partial charge in [-0.25, -0.2) is 17.8 Å². The number of nitrogens with zero attached hydrogens (tertiary/aromatic N) is 3. The van der Waals surface area contributed by atoms with E-state index in [-0.39, 0.29) is 11.6 Å². The Balaban J connectivity index is 2.79. The maximum atomic E-state index is 11.9. The first-order valence-corrected chi connectivity index (χ1v) is 6.96. The van der Waals surface area contributed by atoms with Crippen LogP contribution < -0.4 is 10.5 Å². The quantitative estimate of drug-likeness (QED) is 0.726.